The fourth-order valence-corrected chi connectivity index (χ4v) is 3.40. The molecule has 4 nitrogen and oxygen atoms in total. The maximum atomic E-state index is 12.1. The van der Waals surface area contributed by atoms with Gasteiger partial charge in [-0.1, -0.05) is 43.4 Å². The average molecular weight is 418 g/mol. The van der Waals surface area contributed by atoms with E-state index >= 15 is 0 Å². The van der Waals surface area contributed by atoms with Gasteiger partial charge in [-0.15, -0.1) is 6.04 Å². The van der Waals surface area contributed by atoms with E-state index in [0.717, 1.165) is 24.8 Å². The van der Waals surface area contributed by atoms with E-state index in [4.69, 9.17) is 5.73 Å². The number of rotatable bonds is 3. The van der Waals surface area contributed by atoms with Crippen LogP contribution in [0.1, 0.15) is 31.2 Å². The van der Waals surface area contributed by atoms with E-state index in [2.05, 4.69) is 14.4 Å². The Bertz CT molecular complexity index is 508. The topological polar surface area (TPSA) is 72.0 Å². The molecular weight excluding hydrogens is 397 g/mol. The first-order chi connectivity index (χ1) is 9.49. The molecule has 2 atom stereocenters. The summed E-state index contributed by atoms with van der Waals surface area (Å²) in [4.78, 5) is 0.228. The molecule has 0 unspecified atom stereocenters. The van der Waals surface area contributed by atoms with E-state index in [1.807, 2.05) is 24.2 Å². The number of sulfonamides is 1. The van der Waals surface area contributed by atoms with Gasteiger partial charge in [-0.05, 0) is 19.1 Å². The molecule has 0 saturated heterocycles. The van der Waals surface area contributed by atoms with Crippen molar-refractivity contribution in [2.24, 2.45) is 0 Å². The zero-order valence-electron chi connectivity index (χ0n) is 12.2. The number of benzene rings is 1. The Balaban J connectivity index is 0.00000128. The summed E-state index contributed by atoms with van der Waals surface area (Å²) in [7, 11) is 0.964. The molecule has 1 aliphatic carbocycles. The predicted molar refractivity (Wildman–Crippen MR) is 84.4 cm³/mol. The Morgan fingerprint density at radius 1 is 1.19 bits per heavy atom. The van der Waals surface area contributed by atoms with Crippen molar-refractivity contribution in [3.05, 3.63) is 47.7 Å². The van der Waals surface area contributed by atoms with Crippen LogP contribution in [0.15, 0.2) is 29.2 Å². The van der Waals surface area contributed by atoms with Gasteiger partial charge in [0.1, 0.15) is 10.0 Å². The van der Waals surface area contributed by atoms with Crippen LogP contribution in [0.5, 0.6) is 0 Å². The molecule has 21 heavy (non-hydrogen) atoms. The second-order valence-electron chi connectivity index (χ2n) is 4.85. The van der Waals surface area contributed by atoms with Crippen molar-refractivity contribution in [3.8, 4) is 0 Å². The van der Waals surface area contributed by atoms with E-state index in [1.165, 1.54) is 0 Å². The summed E-state index contributed by atoms with van der Waals surface area (Å²) in [5.41, 5.74) is 8.87. The van der Waals surface area contributed by atoms with Gasteiger partial charge in [0.15, 0.2) is 0 Å². The number of halogens is 1. The third-order valence-corrected chi connectivity index (χ3v) is 4.74. The summed E-state index contributed by atoms with van der Waals surface area (Å²) in [6, 6.07) is 5.94. The van der Waals surface area contributed by atoms with Crippen molar-refractivity contribution in [3.63, 3.8) is 0 Å². The Morgan fingerprint density at radius 3 is 2.24 bits per heavy atom. The zero-order valence-corrected chi connectivity index (χ0v) is 15.5. The number of nitrogens with zero attached hydrogens (tertiary/aromatic N) is 1. The van der Waals surface area contributed by atoms with Gasteiger partial charge in [0.2, 0.25) is 0 Å². The Labute approximate surface area is 142 Å². The Morgan fingerprint density at radius 2 is 1.71 bits per heavy atom. The van der Waals surface area contributed by atoms with E-state index < -0.39 is 10.0 Å². The molecule has 1 saturated carbocycles. The molecule has 0 amide bonds. The van der Waals surface area contributed by atoms with Gasteiger partial charge in [0, 0.05) is 4.90 Å². The van der Waals surface area contributed by atoms with E-state index in [9.17, 15) is 8.42 Å². The summed E-state index contributed by atoms with van der Waals surface area (Å²) in [6.07, 6.45) is 3.43. The van der Waals surface area contributed by atoms with Crippen LogP contribution >= 0.6 is 9.69 Å². The summed E-state index contributed by atoms with van der Waals surface area (Å²) >= 11 is 1.82. The molecule has 0 spiro atoms. The zero-order chi connectivity index (χ0) is 15.2. The number of hydrogen-bond donors (Lipinski definition) is 0. The first-order valence-corrected chi connectivity index (χ1v) is 10.0. The molecule has 0 radical (unpaired) electrons. The fraction of sp³-hybridized carbons (Fsp3) is 0.500. The van der Waals surface area contributed by atoms with E-state index in [-0.39, 0.29) is 24.4 Å². The van der Waals surface area contributed by atoms with Gasteiger partial charge in [-0.3, -0.25) is 0 Å². The van der Waals surface area contributed by atoms with Crippen LogP contribution in [-0.2, 0) is 27.3 Å². The summed E-state index contributed by atoms with van der Waals surface area (Å²) < 4.78 is 28.1. The van der Waals surface area contributed by atoms with Crippen molar-refractivity contribution in [2.75, 3.05) is 0 Å². The normalized spacial score (nSPS) is 21.7. The molecule has 2 rings (SSSR count). The molecule has 1 N–H and O–H groups in total. The molecule has 7 heteroatoms. The standard InChI is InChI=1S/C13H18N2O2S.CH3.ClH.Ru/c1-10-6-8-11(9-7-10)18(16,17)15-13-5-3-2-4-12(13)14;;;/h6-9,12-14H,2-5H2,1H3;1H3;1H;/q-2;-1;;+4/p-1/t12-,13-;;;/m1.../s1. The van der Waals surface area contributed by atoms with Gasteiger partial charge >= 0.3 is 27.0 Å². The molecule has 1 aliphatic rings. The third-order valence-electron chi connectivity index (χ3n) is 3.32. The molecule has 1 aromatic carbocycles. The van der Waals surface area contributed by atoms with Crippen molar-refractivity contribution in [2.45, 2.75) is 49.6 Å². The summed E-state index contributed by atoms with van der Waals surface area (Å²) in [5, 5.41) is 0. The van der Waals surface area contributed by atoms with Crippen molar-refractivity contribution in [1.29, 1.82) is 0 Å². The molecule has 1 fully saturated rings. The average Bonchev–Trinajstić information content (AvgIpc) is 2.44. The molecule has 0 bridgehead atoms. The second-order valence-corrected chi connectivity index (χ2v) is 6.48. The van der Waals surface area contributed by atoms with Gasteiger partial charge in [0.05, 0.1) is 0 Å². The quantitative estimate of drug-likeness (QED) is 0.534. The maximum absolute atomic E-state index is 12.1. The van der Waals surface area contributed by atoms with Crippen LogP contribution in [0, 0.1) is 14.4 Å². The van der Waals surface area contributed by atoms with Gasteiger partial charge < -0.3 is 17.9 Å². The minimum atomic E-state index is -3.60. The van der Waals surface area contributed by atoms with Crippen LogP contribution in [0.3, 0.4) is 0 Å². The van der Waals surface area contributed by atoms with Crippen LogP contribution < -0.4 is 0 Å². The second kappa shape index (κ2) is 9.91. The predicted octanol–water partition coefficient (Wildman–Crippen LogP) is 4.56. The molecule has 1 aromatic rings. The Hall–Kier alpha value is 0.00338. The van der Waals surface area contributed by atoms with Crippen LogP contribution in [0.25, 0.3) is 10.5 Å². The van der Waals surface area contributed by atoms with E-state index in [1.54, 1.807) is 24.3 Å². The van der Waals surface area contributed by atoms with Crippen molar-refractivity contribution < 1.29 is 25.7 Å². The first kappa shape index (κ1) is 21.0. The number of nitrogens with one attached hydrogen (secondary N) is 1. The number of hydrogen-bond acceptors (Lipinski definition) is 2. The first-order valence-electron chi connectivity index (χ1n) is 6.37. The van der Waals surface area contributed by atoms with Gasteiger partial charge in [0.25, 0.3) is 0 Å². The van der Waals surface area contributed by atoms with E-state index in [0.29, 0.717) is 6.42 Å². The molecule has 0 aromatic heterocycles. The van der Waals surface area contributed by atoms with Crippen molar-refractivity contribution >= 4 is 19.7 Å². The number of aryl methyl sites for hydroxylation is 1. The van der Waals surface area contributed by atoms with Gasteiger partial charge in [-0.2, -0.15) is 6.04 Å². The third kappa shape index (κ3) is 6.33. The Kier molecular flexibility index (Phi) is 9.91. The van der Waals surface area contributed by atoms with Crippen LogP contribution in [-0.4, -0.2) is 20.5 Å². The van der Waals surface area contributed by atoms with Gasteiger partial charge in [-0.25, -0.2) is 8.42 Å². The monoisotopic (exact) mass is 418 g/mol. The summed E-state index contributed by atoms with van der Waals surface area (Å²) in [5.74, 6) is 0. The minimum absolute atomic E-state index is 0. The molecular formula is C14H21ClN2O2RuS. The van der Waals surface area contributed by atoms with Crippen LogP contribution in [0.4, 0.5) is 0 Å². The molecule has 0 heterocycles. The van der Waals surface area contributed by atoms with Crippen molar-refractivity contribution in [1.82, 2.24) is 0 Å². The summed E-state index contributed by atoms with van der Waals surface area (Å²) in [6.45, 7) is 1.91. The van der Waals surface area contributed by atoms with Crippen LogP contribution in [0.2, 0.25) is 0 Å². The fourth-order valence-electron chi connectivity index (χ4n) is 2.19. The SMILES string of the molecule is Cc1ccc(S(=O)(=O)[N-][C@@H]2CCCC[C@H]2[NH-])cc1.[CH3-].[Cl][Ru+3]. The molecule has 0 aliphatic heterocycles. The molecule has 120 valence electrons.